The van der Waals surface area contributed by atoms with Crippen molar-refractivity contribution in [3.63, 3.8) is 0 Å². The normalized spacial score (nSPS) is 12.0. The molecule has 0 aliphatic heterocycles. The molecule has 0 spiro atoms. The average molecular weight is 413 g/mol. The van der Waals surface area contributed by atoms with Crippen LogP contribution in [-0.2, 0) is 26.8 Å². The monoisotopic (exact) mass is 412 g/mol. The molecule has 2 aromatic carbocycles. The van der Waals surface area contributed by atoms with Gasteiger partial charge in [-0.25, -0.2) is 8.42 Å². The molecule has 0 fully saturated rings. The Labute approximate surface area is 173 Å². The van der Waals surface area contributed by atoms with Crippen molar-refractivity contribution in [3.05, 3.63) is 77.4 Å². The zero-order valence-electron chi connectivity index (χ0n) is 17.3. The SMILES string of the molecule is C=Cc1cc(CNC(=O)/C=C/c2ccc(C(C)(C)C)cc2)ccc1NS(C)(=O)=O. The van der Waals surface area contributed by atoms with E-state index in [2.05, 4.69) is 49.5 Å². The van der Waals surface area contributed by atoms with Crippen molar-refractivity contribution in [2.45, 2.75) is 32.7 Å². The summed E-state index contributed by atoms with van der Waals surface area (Å²) >= 11 is 0. The molecule has 0 aliphatic rings. The van der Waals surface area contributed by atoms with E-state index in [9.17, 15) is 13.2 Å². The second-order valence-electron chi connectivity index (χ2n) is 7.92. The van der Waals surface area contributed by atoms with E-state index in [1.807, 2.05) is 12.1 Å². The molecular weight excluding hydrogens is 384 g/mol. The summed E-state index contributed by atoms with van der Waals surface area (Å²) < 4.78 is 25.3. The van der Waals surface area contributed by atoms with Crippen LogP contribution in [0.5, 0.6) is 0 Å². The topological polar surface area (TPSA) is 75.3 Å². The van der Waals surface area contributed by atoms with Crippen LogP contribution in [0, 0.1) is 0 Å². The zero-order valence-corrected chi connectivity index (χ0v) is 18.1. The van der Waals surface area contributed by atoms with Crippen molar-refractivity contribution >= 4 is 33.8 Å². The molecule has 0 aliphatic carbocycles. The smallest absolute Gasteiger partial charge is 0.244 e. The molecule has 2 rings (SSSR count). The molecule has 0 saturated heterocycles. The van der Waals surface area contributed by atoms with Gasteiger partial charge < -0.3 is 5.32 Å². The number of rotatable bonds is 7. The molecule has 6 heteroatoms. The highest BCUT2D eigenvalue weighted by Crippen LogP contribution is 2.22. The van der Waals surface area contributed by atoms with Crippen molar-refractivity contribution < 1.29 is 13.2 Å². The number of amides is 1. The third-order valence-electron chi connectivity index (χ3n) is 4.30. The molecule has 0 heterocycles. The quantitative estimate of drug-likeness (QED) is 0.665. The molecule has 0 atom stereocenters. The summed E-state index contributed by atoms with van der Waals surface area (Å²) in [6, 6.07) is 13.3. The highest BCUT2D eigenvalue weighted by molar-refractivity contribution is 7.92. The Morgan fingerprint density at radius 1 is 1.10 bits per heavy atom. The fraction of sp³-hybridized carbons (Fsp3) is 0.261. The van der Waals surface area contributed by atoms with Crippen LogP contribution in [0.3, 0.4) is 0 Å². The molecular formula is C23H28N2O3S. The van der Waals surface area contributed by atoms with Crippen molar-refractivity contribution in [1.82, 2.24) is 5.32 Å². The van der Waals surface area contributed by atoms with Crippen LogP contribution in [-0.4, -0.2) is 20.6 Å². The summed E-state index contributed by atoms with van der Waals surface area (Å²) in [7, 11) is -3.37. The third-order valence-corrected chi connectivity index (χ3v) is 4.89. The second-order valence-corrected chi connectivity index (χ2v) is 9.67. The molecule has 5 nitrogen and oxygen atoms in total. The van der Waals surface area contributed by atoms with Gasteiger partial charge in [-0.2, -0.15) is 0 Å². The van der Waals surface area contributed by atoms with E-state index < -0.39 is 10.0 Å². The maximum Gasteiger partial charge on any atom is 0.244 e. The number of carbonyl (C=O) groups is 1. The molecule has 0 unspecified atom stereocenters. The summed E-state index contributed by atoms with van der Waals surface area (Å²) in [6.07, 6.45) is 5.94. The van der Waals surface area contributed by atoms with Crippen molar-refractivity contribution in [3.8, 4) is 0 Å². The maximum atomic E-state index is 12.1. The van der Waals surface area contributed by atoms with Crippen molar-refractivity contribution in [2.24, 2.45) is 0 Å². The van der Waals surface area contributed by atoms with Gasteiger partial charge in [-0.1, -0.05) is 63.8 Å². The predicted molar refractivity (Wildman–Crippen MR) is 121 cm³/mol. The fourth-order valence-corrected chi connectivity index (χ4v) is 3.28. The maximum absolute atomic E-state index is 12.1. The first-order valence-electron chi connectivity index (χ1n) is 9.27. The van der Waals surface area contributed by atoms with Gasteiger partial charge in [-0.05, 0) is 45.9 Å². The molecule has 0 radical (unpaired) electrons. The lowest BCUT2D eigenvalue weighted by Crippen LogP contribution is -2.20. The minimum Gasteiger partial charge on any atom is -0.348 e. The van der Waals surface area contributed by atoms with E-state index in [-0.39, 0.29) is 11.3 Å². The number of anilines is 1. The minimum atomic E-state index is -3.37. The Hall–Kier alpha value is -2.86. The summed E-state index contributed by atoms with van der Waals surface area (Å²) in [6.45, 7) is 10.5. The summed E-state index contributed by atoms with van der Waals surface area (Å²) in [5.74, 6) is -0.205. The van der Waals surface area contributed by atoms with Crippen molar-refractivity contribution in [1.29, 1.82) is 0 Å². The minimum absolute atomic E-state index is 0.0935. The number of hydrogen-bond donors (Lipinski definition) is 2. The van der Waals surface area contributed by atoms with Gasteiger partial charge in [0, 0.05) is 12.6 Å². The van der Waals surface area contributed by atoms with Crippen LogP contribution in [0.15, 0.2) is 55.1 Å². The first-order valence-corrected chi connectivity index (χ1v) is 11.2. The Morgan fingerprint density at radius 2 is 1.76 bits per heavy atom. The van der Waals surface area contributed by atoms with Gasteiger partial charge in [-0.15, -0.1) is 0 Å². The zero-order chi connectivity index (χ0) is 21.7. The van der Waals surface area contributed by atoms with Crippen LogP contribution in [0.2, 0.25) is 0 Å². The fourth-order valence-electron chi connectivity index (χ4n) is 2.70. The Kier molecular flexibility index (Phi) is 7.03. The summed E-state index contributed by atoms with van der Waals surface area (Å²) in [5.41, 5.74) is 4.24. The number of hydrogen-bond acceptors (Lipinski definition) is 3. The number of sulfonamides is 1. The van der Waals surface area contributed by atoms with E-state index >= 15 is 0 Å². The van der Waals surface area contributed by atoms with E-state index in [0.29, 0.717) is 17.8 Å². The molecule has 2 N–H and O–H groups in total. The highest BCUT2D eigenvalue weighted by Gasteiger charge is 2.12. The van der Waals surface area contributed by atoms with Crippen LogP contribution in [0.4, 0.5) is 5.69 Å². The van der Waals surface area contributed by atoms with Gasteiger partial charge in [0.2, 0.25) is 15.9 Å². The molecule has 1 amide bonds. The van der Waals surface area contributed by atoms with Crippen molar-refractivity contribution in [2.75, 3.05) is 11.0 Å². The van der Waals surface area contributed by atoms with E-state index in [0.717, 1.165) is 17.4 Å². The number of carbonyl (C=O) groups excluding carboxylic acids is 1. The van der Waals surface area contributed by atoms with E-state index in [1.165, 1.54) is 11.6 Å². The lowest BCUT2D eigenvalue weighted by Gasteiger charge is -2.18. The van der Waals surface area contributed by atoms with Gasteiger partial charge in [0.15, 0.2) is 0 Å². The molecule has 29 heavy (non-hydrogen) atoms. The first kappa shape index (κ1) is 22.4. The van der Waals surface area contributed by atoms with Gasteiger partial charge in [0.1, 0.15) is 0 Å². The molecule has 0 aromatic heterocycles. The molecule has 154 valence electrons. The highest BCUT2D eigenvalue weighted by atomic mass is 32.2. The predicted octanol–water partition coefficient (Wildman–Crippen LogP) is 4.33. The number of nitrogens with one attached hydrogen (secondary N) is 2. The Bertz CT molecular complexity index is 1020. The first-order chi connectivity index (χ1) is 13.5. The van der Waals surface area contributed by atoms with E-state index in [1.54, 1.807) is 30.4 Å². The Morgan fingerprint density at radius 3 is 2.31 bits per heavy atom. The lowest BCUT2D eigenvalue weighted by molar-refractivity contribution is -0.116. The lowest BCUT2D eigenvalue weighted by atomic mass is 9.87. The Balaban J connectivity index is 1.98. The van der Waals surface area contributed by atoms with Crippen LogP contribution in [0.25, 0.3) is 12.2 Å². The van der Waals surface area contributed by atoms with Gasteiger partial charge in [-0.3, -0.25) is 9.52 Å². The van der Waals surface area contributed by atoms with Crippen LogP contribution >= 0.6 is 0 Å². The molecule has 0 saturated carbocycles. The average Bonchev–Trinajstić information content (AvgIpc) is 2.64. The molecule has 0 bridgehead atoms. The van der Waals surface area contributed by atoms with Gasteiger partial charge >= 0.3 is 0 Å². The second kappa shape index (κ2) is 9.09. The third kappa shape index (κ3) is 7.23. The summed E-state index contributed by atoms with van der Waals surface area (Å²) in [5, 5.41) is 2.83. The van der Waals surface area contributed by atoms with E-state index in [4.69, 9.17) is 0 Å². The van der Waals surface area contributed by atoms with Crippen LogP contribution < -0.4 is 10.0 Å². The standard InChI is InChI=1S/C23H28N2O3S/c1-6-19-15-18(9-13-21(19)25-29(5,27)28)16-24-22(26)14-10-17-7-11-20(12-8-17)23(2,3)4/h6-15,25H,1,16H2,2-5H3,(H,24,26)/b14-10+. The summed E-state index contributed by atoms with van der Waals surface area (Å²) in [4.78, 5) is 12.1. The number of benzene rings is 2. The van der Waals surface area contributed by atoms with Gasteiger partial charge in [0.25, 0.3) is 0 Å². The van der Waals surface area contributed by atoms with Gasteiger partial charge in [0.05, 0.1) is 11.9 Å². The largest absolute Gasteiger partial charge is 0.348 e. The molecule has 2 aromatic rings. The van der Waals surface area contributed by atoms with Crippen LogP contribution in [0.1, 0.15) is 43.0 Å².